The first-order valence-electron chi connectivity index (χ1n) is 13.0. The van der Waals surface area contributed by atoms with E-state index in [0.717, 1.165) is 17.4 Å². The number of rotatable bonds is 17. The number of carbonyl (C=O) groups is 1. The van der Waals surface area contributed by atoms with Crippen LogP contribution in [0.2, 0.25) is 0 Å². The van der Waals surface area contributed by atoms with E-state index in [0.29, 0.717) is 6.42 Å². The standard InChI is InChI=1S/C25H43N3O6/c1-2-3-4-5-6-7-8-9-10-11-12-13-14-15-21(30)34-23-22(31)19(18-29)33-24(23)28-17-16-20(26)27-25(28)32/h16-17,19,22-24,29,31H,2-15,18H2,1H3,(H2,26,27,32)/t19-,22-,23-,24-/m1/s1. The average Bonchev–Trinajstić information content (AvgIpc) is 3.12. The lowest BCUT2D eigenvalue weighted by molar-refractivity contribution is -0.159. The molecule has 0 amide bonds. The van der Waals surface area contributed by atoms with E-state index in [1.807, 2.05) is 0 Å². The minimum absolute atomic E-state index is 0.0504. The lowest BCUT2D eigenvalue weighted by Gasteiger charge is -2.22. The molecule has 1 aromatic heterocycles. The van der Waals surface area contributed by atoms with Gasteiger partial charge in [0.1, 0.15) is 18.0 Å². The minimum atomic E-state index is -1.25. The third-order valence-corrected chi connectivity index (χ3v) is 6.37. The molecule has 4 atom stereocenters. The molecule has 0 radical (unpaired) electrons. The number of aromatic nitrogens is 2. The van der Waals surface area contributed by atoms with Crippen LogP contribution in [-0.4, -0.2) is 50.7 Å². The van der Waals surface area contributed by atoms with Crippen molar-refractivity contribution in [1.82, 2.24) is 9.55 Å². The second-order valence-corrected chi connectivity index (χ2v) is 9.23. The molecule has 1 aliphatic rings. The molecular weight excluding hydrogens is 438 g/mol. The summed E-state index contributed by atoms with van der Waals surface area (Å²) in [6.45, 7) is 1.77. The molecule has 0 aromatic carbocycles. The molecule has 0 bridgehead atoms. The van der Waals surface area contributed by atoms with Gasteiger partial charge in [0.15, 0.2) is 12.3 Å². The summed E-state index contributed by atoms with van der Waals surface area (Å²) in [5, 5.41) is 19.9. The van der Waals surface area contributed by atoms with Crippen molar-refractivity contribution in [3.05, 3.63) is 22.7 Å². The van der Waals surface area contributed by atoms with Gasteiger partial charge in [-0.05, 0) is 12.5 Å². The zero-order valence-corrected chi connectivity index (χ0v) is 20.6. The highest BCUT2D eigenvalue weighted by atomic mass is 16.6. The molecule has 0 unspecified atom stereocenters. The highest BCUT2D eigenvalue weighted by molar-refractivity contribution is 5.69. The summed E-state index contributed by atoms with van der Waals surface area (Å²) in [4.78, 5) is 28.2. The lowest BCUT2D eigenvalue weighted by atomic mass is 10.0. The number of hydrogen-bond acceptors (Lipinski definition) is 8. The Morgan fingerprint density at radius 2 is 1.62 bits per heavy atom. The number of nitrogens with two attached hydrogens (primary N) is 1. The van der Waals surface area contributed by atoms with Gasteiger partial charge in [0.2, 0.25) is 0 Å². The van der Waals surface area contributed by atoms with Crippen molar-refractivity contribution in [2.75, 3.05) is 12.3 Å². The van der Waals surface area contributed by atoms with Gasteiger partial charge in [0.05, 0.1) is 6.61 Å². The van der Waals surface area contributed by atoms with Crippen LogP contribution in [0, 0.1) is 0 Å². The average molecular weight is 482 g/mol. The maximum absolute atomic E-state index is 12.4. The van der Waals surface area contributed by atoms with Gasteiger partial charge in [-0.2, -0.15) is 4.98 Å². The van der Waals surface area contributed by atoms with E-state index in [4.69, 9.17) is 15.2 Å². The van der Waals surface area contributed by atoms with Gasteiger partial charge in [0, 0.05) is 12.6 Å². The van der Waals surface area contributed by atoms with Crippen molar-refractivity contribution >= 4 is 11.8 Å². The van der Waals surface area contributed by atoms with E-state index in [9.17, 15) is 19.8 Å². The van der Waals surface area contributed by atoms with Gasteiger partial charge in [-0.3, -0.25) is 9.36 Å². The monoisotopic (exact) mass is 481 g/mol. The first-order valence-corrected chi connectivity index (χ1v) is 13.0. The first kappa shape index (κ1) is 28.3. The van der Waals surface area contributed by atoms with Crippen molar-refractivity contribution in [2.45, 2.75) is 121 Å². The molecule has 9 heteroatoms. The molecule has 1 aromatic rings. The van der Waals surface area contributed by atoms with Crippen molar-refractivity contribution in [3.8, 4) is 0 Å². The van der Waals surface area contributed by atoms with Gasteiger partial charge in [0.25, 0.3) is 0 Å². The van der Waals surface area contributed by atoms with Crippen LogP contribution in [0.25, 0.3) is 0 Å². The molecule has 1 aliphatic heterocycles. The summed E-state index contributed by atoms with van der Waals surface area (Å²) >= 11 is 0. The Labute approximate surface area is 202 Å². The van der Waals surface area contributed by atoms with Crippen LogP contribution in [-0.2, 0) is 14.3 Å². The largest absolute Gasteiger partial charge is 0.455 e. The summed E-state index contributed by atoms with van der Waals surface area (Å²) in [6, 6.07) is 1.41. The van der Waals surface area contributed by atoms with Crippen LogP contribution in [0.5, 0.6) is 0 Å². The number of aliphatic hydroxyl groups is 2. The van der Waals surface area contributed by atoms with Crippen LogP contribution in [0.1, 0.15) is 103 Å². The summed E-state index contributed by atoms with van der Waals surface area (Å²) in [7, 11) is 0. The third kappa shape index (κ3) is 9.35. The number of unbranched alkanes of at least 4 members (excludes halogenated alkanes) is 12. The van der Waals surface area contributed by atoms with Crippen molar-refractivity contribution < 1.29 is 24.5 Å². The van der Waals surface area contributed by atoms with E-state index in [1.165, 1.54) is 76.5 Å². The topological polar surface area (TPSA) is 137 Å². The number of aliphatic hydroxyl groups excluding tert-OH is 2. The molecule has 2 rings (SSSR count). The second kappa shape index (κ2) is 15.8. The van der Waals surface area contributed by atoms with Crippen LogP contribution in [0.3, 0.4) is 0 Å². The molecule has 194 valence electrons. The number of hydrogen-bond donors (Lipinski definition) is 3. The number of nitrogen functional groups attached to an aromatic ring is 1. The minimum Gasteiger partial charge on any atom is -0.455 e. The summed E-state index contributed by atoms with van der Waals surface area (Å²) in [5.74, 6) is -0.412. The quantitative estimate of drug-likeness (QED) is 0.227. The Morgan fingerprint density at radius 3 is 2.15 bits per heavy atom. The number of nitrogens with zero attached hydrogens (tertiary/aromatic N) is 2. The number of anilines is 1. The summed E-state index contributed by atoms with van der Waals surface area (Å²) in [5.41, 5.74) is 4.84. The molecule has 34 heavy (non-hydrogen) atoms. The normalized spacial score (nSPS) is 22.2. The fourth-order valence-electron chi connectivity index (χ4n) is 4.34. The molecule has 0 spiro atoms. The van der Waals surface area contributed by atoms with E-state index in [2.05, 4.69) is 11.9 Å². The molecular formula is C25H43N3O6. The SMILES string of the molecule is CCCCCCCCCCCCCCCC(=O)O[C@@H]1[C@H](O)[C@@H](CO)O[C@H]1n1ccc(N)nc1=O. The predicted octanol–water partition coefficient (Wildman–Crippen LogP) is 3.47. The van der Waals surface area contributed by atoms with Crippen LogP contribution in [0.4, 0.5) is 5.82 Å². The maximum atomic E-state index is 12.4. The van der Waals surface area contributed by atoms with Crippen molar-refractivity contribution in [3.63, 3.8) is 0 Å². The maximum Gasteiger partial charge on any atom is 0.351 e. The molecule has 0 aliphatic carbocycles. The van der Waals surface area contributed by atoms with Gasteiger partial charge in [-0.1, -0.05) is 84.0 Å². The van der Waals surface area contributed by atoms with Crippen LogP contribution >= 0.6 is 0 Å². The van der Waals surface area contributed by atoms with E-state index >= 15 is 0 Å². The summed E-state index contributed by atoms with van der Waals surface area (Å²) in [6.07, 6.45) is 13.0. The number of esters is 1. The lowest BCUT2D eigenvalue weighted by Crippen LogP contribution is -2.39. The van der Waals surface area contributed by atoms with E-state index in [-0.39, 0.29) is 12.2 Å². The van der Waals surface area contributed by atoms with E-state index in [1.54, 1.807) is 0 Å². The Balaban J connectivity index is 1.65. The molecule has 4 N–H and O–H groups in total. The highest BCUT2D eigenvalue weighted by Gasteiger charge is 2.47. The molecule has 1 saturated heterocycles. The predicted molar refractivity (Wildman–Crippen MR) is 130 cm³/mol. The first-order chi connectivity index (χ1) is 16.5. The van der Waals surface area contributed by atoms with E-state index < -0.39 is 42.8 Å². The Kier molecular flexibility index (Phi) is 13.2. The fourth-order valence-corrected chi connectivity index (χ4v) is 4.34. The number of carbonyl (C=O) groups excluding carboxylic acids is 1. The van der Waals surface area contributed by atoms with Gasteiger partial charge in [-0.15, -0.1) is 0 Å². The van der Waals surface area contributed by atoms with Crippen LogP contribution < -0.4 is 11.4 Å². The highest BCUT2D eigenvalue weighted by Crippen LogP contribution is 2.31. The molecule has 2 heterocycles. The van der Waals surface area contributed by atoms with Crippen molar-refractivity contribution in [2.24, 2.45) is 0 Å². The molecule has 9 nitrogen and oxygen atoms in total. The Bertz CT molecular complexity index is 771. The van der Waals surface area contributed by atoms with Crippen LogP contribution in [0.15, 0.2) is 17.1 Å². The zero-order valence-electron chi connectivity index (χ0n) is 20.6. The number of ether oxygens (including phenoxy) is 2. The Morgan fingerprint density at radius 1 is 1.06 bits per heavy atom. The van der Waals surface area contributed by atoms with Gasteiger partial charge >= 0.3 is 11.7 Å². The van der Waals surface area contributed by atoms with Gasteiger partial charge < -0.3 is 25.4 Å². The smallest absolute Gasteiger partial charge is 0.351 e. The third-order valence-electron chi connectivity index (χ3n) is 6.37. The zero-order chi connectivity index (χ0) is 24.8. The second-order valence-electron chi connectivity index (χ2n) is 9.23. The Hall–Kier alpha value is -1.97. The van der Waals surface area contributed by atoms with Gasteiger partial charge in [-0.25, -0.2) is 4.79 Å². The molecule has 0 saturated carbocycles. The summed E-state index contributed by atoms with van der Waals surface area (Å²) < 4.78 is 12.2. The fraction of sp³-hybridized carbons (Fsp3) is 0.800. The molecule has 1 fully saturated rings. The van der Waals surface area contributed by atoms with Crippen molar-refractivity contribution in [1.29, 1.82) is 0 Å².